The maximum absolute atomic E-state index is 13.5. The Labute approximate surface area is 189 Å². The Morgan fingerprint density at radius 2 is 2.03 bits per heavy atom. The van der Waals surface area contributed by atoms with Gasteiger partial charge in [-0.15, -0.1) is 0 Å². The first-order chi connectivity index (χ1) is 15.2. The van der Waals surface area contributed by atoms with E-state index in [-0.39, 0.29) is 43.6 Å². The van der Waals surface area contributed by atoms with Crippen molar-refractivity contribution in [2.75, 3.05) is 31.6 Å². The molecule has 0 spiro atoms. The topological polar surface area (TPSA) is 110 Å². The number of aliphatic hydroxyl groups excluding tert-OH is 1. The third-order valence-corrected chi connectivity index (χ3v) is 5.45. The quantitative estimate of drug-likeness (QED) is 0.536. The van der Waals surface area contributed by atoms with Gasteiger partial charge in [0.1, 0.15) is 5.82 Å². The van der Waals surface area contributed by atoms with Crippen molar-refractivity contribution in [1.82, 2.24) is 10.2 Å². The maximum atomic E-state index is 13.5. The fraction of sp³-hybridized carbons (Fsp3) is 0.318. The van der Waals surface area contributed by atoms with Crippen molar-refractivity contribution in [3.8, 4) is 0 Å². The van der Waals surface area contributed by atoms with Gasteiger partial charge in [-0.1, -0.05) is 17.7 Å². The van der Waals surface area contributed by atoms with Gasteiger partial charge in [-0.05, 0) is 42.0 Å². The highest BCUT2D eigenvalue weighted by molar-refractivity contribution is 6.30. The summed E-state index contributed by atoms with van der Waals surface area (Å²) in [6, 6.07) is 10.0. The Kier molecular flexibility index (Phi) is 7.12. The molecule has 0 aromatic heterocycles. The molecule has 0 bridgehead atoms. The summed E-state index contributed by atoms with van der Waals surface area (Å²) in [4.78, 5) is 40.6. The highest BCUT2D eigenvalue weighted by Gasteiger charge is 2.51. The van der Waals surface area contributed by atoms with Gasteiger partial charge in [-0.2, -0.15) is 0 Å². The number of hydrogen-bond acceptors (Lipinski definition) is 5. The molecule has 8 nitrogen and oxygen atoms in total. The number of likely N-dealkylation sites (N-methyl/N-ethyl adjacent to an activating group) is 1. The fourth-order valence-electron chi connectivity index (χ4n) is 3.48. The summed E-state index contributed by atoms with van der Waals surface area (Å²) in [6.07, 6.45) is -0.149. The van der Waals surface area contributed by atoms with Crippen molar-refractivity contribution in [3.63, 3.8) is 0 Å². The maximum Gasteiger partial charge on any atom is 0.268 e. The molecular weight excluding hydrogens is 441 g/mol. The first-order valence-corrected chi connectivity index (χ1v) is 10.3. The van der Waals surface area contributed by atoms with Gasteiger partial charge in [0.25, 0.3) is 17.7 Å². The van der Waals surface area contributed by atoms with Crippen molar-refractivity contribution in [1.29, 1.82) is 0 Å². The first kappa shape index (κ1) is 23.6. The molecule has 32 heavy (non-hydrogen) atoms. The van der Waals surface area contributed by atoms with Crippen LogP contribution < -0.4 is 10.2 Å². The Morgan fingerprint density at radius 1 is 1.28 bits per heavy atom. The van der Waals surface area contributed by atoms with Crippen LogP contribution in [0.2, 0.25) is 5.02 Å². The second-order valence-electron chi connectivity index (χ2n) is 7.53. The molecule has 0 aliphatic carbocycles. The molecule has 1 heterocycles. The minimum Gasteiger partial charge on any atom is -0.395 e. The lowest BCUT2D eigenvalue weighted by Gasteiger charge is -2.22. The molecule has 3 N–H and O–H groups in total. The first-order valence-electron chi connectivity index (χ1n) is 9.89. The third-order valence-electron chi connectivity index (χ3n) is 5.23. The summed E-state index contributed by atoms with van der Waals surface area (Å²) in [6.45, 7) is -0.0789. The second-order valence-corrected chi connectivity index (χ2v) is 7.96. The summed E-state index contributed by atoms with van der Waals surface area (Å²) in [5, 5.41) is 22.4. The standard InChI is InChI=1S/C22H23ClFN3O5/c1-26(7-8-28)19(29)15-3-2-4-18(11-15)27-6-5-22(32,21(27)31)20(30)25-13-14-9-16(23)12-17(24)10-14/h2-4,9-12,28,32H,5-8,13H2,1H3,(H,25,30)/t22-/m1/s1. The van der Waals surface area contributed by atoms with Crippen molar-refractivity contribution in [3.05, 3.63) is 64.4 Å². The van der Waals surface area contributed by atoms with Crippen LogP contribution in [0.4, 0.5) is 10.1 Å². The van der Waals surface area contributed by atoms with Crippen molar-refractivity contribution >= 4 is 35.0 Å². The van der Waals surface area contributed by atoms with Gasteiger partial charge in [-0.25, -0.2) is 4.39 Å². The lowest BCUT2D eigenvalue weighted by atomic mass is 10.0. The zero-order valence-corrected chi connectivity index (χ0v) is 18.1. The average molecular weight is 464 g/mol. The molecule has 1 saturated heterocycles. The summed E-state index contributed by atoms with van der Waals surface area (Å²) >= 11 is 5.80. The van der Waals surface area contributed by atoms with Crippen LogP contribution in [0, 0.1) is 5.82 Å². The predicted molar refractivity (Wildman–Crippen MR) is 116 cm³/mol. The largest absolute Gasteiger partial charge is 0.395 e. The Hall–Kier alpha value is -3.01. The number of nitrogens with zero attached hydrogens (tertiary/aromatic N) is 2. The lowest BCUT2D eigenvalue weighted by molar-refractivity contribution is -0.149. The van der Waals surface area contributed by atoms with E-state index in [1.54, 1.807) is 25.2 Å². The summed E-state index contributed by atoms with van der Waals surface area (Å²) in [5.41, 5.74) is -1.24. The lowest BCUT2D eigenvalue weighted by Crippen LogP contribution is -2.52. The zero-order chi connectivity index (χ0) is 23.5. The SMILES string of the molecule is CN(CCO)C(=O)c1cccc(N2CC[C@@](O)(C(=O)NCc3cc(F)cc(Cl)c3)C2=O)c1. The number of anilines is 1. The molecule has 1 aliphatic rings. The van der Waals surface area contributed by atoms with E-state index >= 15 is 0 Å². The van der Waals surface area contributed by atoms with Gasteiger partial charge in [-0.3, -0.25) is 14.4 Å². The van der Waals surface area contributed by atoms with Crippen LogP contribution in [0.5, 0.6) is 0 Å². The zero-order valence-electron chi connectivity index (χ0n) is 17.3. The van der Waals surface area contributed by atoms with Crippen LogP contribution in [0.3, 0.4) is 0 Å². The molecule has 3 rings (SSSR count). The molecule has 2 aromatic rings. The number of aliphatic hydroxyl groups is 2. The van der Waals surface area contributed by atoms with Gasteiger partial charge in [0.05, 0.1) is 6.61 Å². The average Bonchev–Trinajstić information content (AvgIpc) is 3.06. The predicted octanol–water partition coefficient (Wildman–Crippen LogP) is 1.33. The number of nitrogens with one attached hydrogen (secondary N) is 1. The molecule has 10 heteroatoms. The van der Waals surface area contributed by atoms with Crippen molar-refractivity contribution in [2.24, 2.45) is 0 Å². The number of hydrogen-bond donors (Lipinski definition) is 3. The van der Waals surface area contributed by atoms with Gasteiger partial charge in [0.2, 0.25) is 5.60 Å². The highest BCUT2D eigenvalue weighted by atomic mass is 35.5. The Bertz CT molecular complexity index is 1030. The van der Waals surface area contributed by atoms with E-state index in [9.17, 15) is 23.9 Å². The van der Waals surface area contributed by atoms with Crippen LogP contribution in [0.15, 0.2) is 42.5 Å². The number of halogens is 2. The van der Waals surface area contributed by atoms with Gasteiger partial charge >= 0.3 is 0 Å². The molecule has 0 unspecified atom stereocenters. The van der Waals surface area contributed by atoms with Crippen LogP contribution in [-0.2, 0) is 16.1 Å². The van der Waals surface area contributed by atoms with Crippen LogP contribution in [0.1, 0.15) is 22.3 Å². The van der Waals surface area contributed by atoms with E-state index in [1.165, 1.54) is 28.0 Å². The Morgan fingerprint density at radius 3 is 2.72 bits per heavy atom. The smallest absolute Gasteiger partial charge is 0.268 e. The van der Waals surface area contributed by atoms with Crippen LogP contribution in [-0.4, -0.2) is 65.2 Å². The fourth-order valence-corrected chi connectivity index (χ4v) is 3.73. The normalized spacial score (nSPS) is 18.0. The van der Waals surface area contributed by atoms with Crippen molar-refractivity contribution < 1.29 is 29.0 Å². The molecule has 0 saturated carbocycles. The van der Waals surface area contributed by atoms with Crippen LogP contribution in [0.25, 0.3) is 0 Å². The van der Waals surface area contributed by atoms with Crippen LogP contribution >= 0.6 is 11.6 Å². The molecule has 1 atom stereocenters. The number of rotatable bonds is 7. The van der Waals surface area contributed by atoms with E-state index in [4.69, 9.17) is 16.7 Å². The summed E-state index contributed by atoms with van der Waals surface area (Å²) < 4.78 is 13.5. The molecule has 2 aromatic carbocycles. The number of benzene rings is 2. The van der Waals surface area contributed by atoms with E-state index in [2.05, 4.69) is 5.32 Å². The molecule has 0 radical (unpaired) electrons. The number of carbonyl (C=O) groups is 3. The van der Waals surface area contributed by atoms with E-state index < -0.39 is 23.2 Å². The van der Waals surface area contributed by atoms with E-state index in [1.807, 2.05) is 0 Å². The van der Waals surface area contributed by atoms with Crippen molar-refractivity contribution in [2.45, 2.75) is 18.6 Å². The molecular formula is C22H23ClFN3O5. The minimum atomic E-state index is -2.29. The molecule has 3 amide bonds. The van der Waals surface area contributed by atoms with E-state index in [0.717, 1.165) is 6.07 Å². The third kappa shape index (κ3) is 4.90. The van der Waals surface area contributed by atoms with E-state index in [0.29, 0.717) is 16.8 Å². The highest BCUT2D eigenvalue weighted by Crippen LogP contribution is 2.29. The Balaban J connectivity index is 1.72. The minimum absolute atomic E-state index is 0.0681. The monoisotopic (exact) mass is 463 g/mol. The van der Waals surface area contributed by atoms with Gasteiger partial charge < -0.3 is 25.3 Å². The molecule has 1 aliphatic heterocycles. The van der Waals surface area contributed by atoms with Gasteiger partial charge in [0.15, 0.2) is 0 Å². The molecule has 170 valence electrons. The van der Waals surface area contributed by atoms with Gasteiger partial charge in [0, 0.05) is 49.4 Å². The second kappa shape index (κ2) is 9.64. The number of amides is 3. The summed E-state index contributed by atoms with van der Waals surface area (Å²) in [5.74, 6) is -2.63. The molecule has 1 fully saturated rings. The summed E-state index contributed by atoms with van der Waals surface area (Å²) in [7, 11) is 1.54. The number of carbonyl (C=O) groups excluding carboxylic acids is 3.